The fourth-order valence-corrected chi connectivity index (χ4v) is 3.07. The number of aliphatic hydroxyl groups excluding tert-OH is 2. The first-order valence-electron chi connectivity index (χ1n) is 10.8. The van der Waals surface area contributed by atoms with Crippen molar-refractivity contribution in [1.29, 1.82) is 0 Å². The number of aliphatic carboxylic acids is 1. The van der Waals surface area contributed by atoms with Crippen molar-refractivity contribution in [3.8, 4) is 5.75 Å². The number of nitrogens with two attached hydrogens (primary N) is 1. The van der Waals surface area contributed by atoms with Crippen LogP contribution >= 0.6 is 0 Å². The van der Waals surface area contributed by atoms with E-state index in [2.05, 4.69) is 16.0 Å². The SMILES string of the molecule is CC(C)CC(NC(=O)C(NC(=O)C(N)Cc1ccc(O)cc1)C(C)O)C(=O)NC(CO)C(=O)O. The Morgan fingerprint density at radius 3 is 1.94 bits per heavy atom. The third-order valence-corrected chi connectivity index (χ3v) is 4.93. The molecule has 0 spiro atoms. The van der Waals surface area contributed by atoms with E-state index in [1.54, 1.807) is 26.0 Å². The molecule has 0 saturated carbocycles. The maximum absolute atomic E-state index is 12.8. The molecule has 5 atom stereocenters. The molecular formula is C22H34N4O8. The highest BCUT2D eigenvalue weighted by molar-refractivity contribution is 5.94. The number of carboxylic acids is 1. The van der Waals surface area contributed by atoms with Gasteiger partial charge < -0.3 is 42.1 Å². The van der Waals surface area contributed by atoms with Crippen molar-refractivity contribution in [2.45, 2.75) is 63.9 Å². The molecule has 3 amide bonds. The van der Waals surface area contributed by atoms with Crippen molar-refractivity contribution in [3.63, 3.8) is 0 Å². The summed E-state index contributed by atoms with van der Waals surface area (Å²) < 4.78 is 0. The lowest BCUT2D eigenvalue weighted by atomic mass is 10.0. The van der Waals surface area contributed by atoms with E-state index in [1.807, 2.05) is 0 Å². The summed E-state index contributed by atoms with van der Waals surface area (Å²) in [5, 5.41) is 44.5. The van der Waals surface area contributed by atoms with Gasteiger partial charge in [-0.15, -0.1) is 0 Å². The minimum atomic E-state index is -1.55. The van der Waals surface area contributed by atoms with Gasteiger partial charge in [0.1, 0.15) is 23.9 Å². The lowest BCUT2D eigenvalue weighted by Gasteiger charge is -2.27. The fraction of sp³-hybridized carbons (Fsp3) is 0.545. The highest BCUT2D eigenvalue weighted by atomic mass is 16.4. The summed E-state index contributed by atoms with van der Waals surface area (Å²) in [6.45, 7) is 4.00. The maximum atomic E-state index is 12.8. The van der Waals surface area contributed by atoms with Gasteiger partial charge in [-0.1, -0.05) is 26.0 Å². The Morgan fingerprint density at radius 1 is 0.912 bits per heavy atom. The van der Waals surface area contributed by atoms with Crippen molar-refractivity contribution in [2.75, 3.05) is 6.61 Å². The number of phenols is 1. The van der Waals surface area contributed by atoms with Crippen LogP contribution in [0, 0.1) is 5.92 Å². The number of amides is 3. The highest BCUT2D eigenvalue weighted by Gasteiger charge is 2.32. The third-order valence-electron chi connectivity index (χ3n) is 4.93. The lowest BCUT2D eigenvalue weighted by molar-refractivity contribution is -0.143. The molecular weight excluding hydrogens is 448 g/mol. The van der Waals surface area contributed by atoms with Gasteiger partial charge in [0.2, 0.25) is 17.7 Å². The number of carboxylic acid groups (broad SMARTS) is 1. The number of phenolic OH excluding ortho intramolecular Hbond substituents is 1. The smallest absolute Gasteiger partial charge is 0.328 e. The van der Waals surface area contributed by atoms with Crippen LogP contribution in [0.5, 0.6) is 5.75 Å². The molecule has 0 radical (unpaired) electrons. The molecule has 1 aromatic carbocycles. The summed E-state index contributed by atoms with van der Waals surface area (Å²) in [4.78, 5) is 49.0. The molecule has 0 aliphatic carbocycles. The third kappa shape index (κ3) is 9.33. The predicted octanol–water partition coefficient (Wildman–Crippen LogP) is -1.78. The number of aliphatic hydroxyl groups is 2. The van der Waals surface area contributed by atoms with Gasteiger partial charge in [0.05, 0.1) is 18.8 Å². The summed E-state index contributed by atoms with van der Waals surface area (Å²) in [5.41, 5.74) is 6.59. The minimum Gasteiger partial charge on any atom is -0.508 e. The van der Waals surface area contributed by atoms with E-state index < -0.39 is 60.6 Å². The number of carbonyl (C=O) groups is 4. The number of benzene rings is 1. The van der Waals surface area contributed by atoms with Crippen molar-refractivity contribution in [2.24, 2.45) is 11.7 Å². The first-order chi connectivity index (χ1) is 15.8. The Morgan fingerprint density at radius 2 is 1.47 bits per heavy atom. The molecule has 34 heavy (non-hydrogen) atoms. The number of nitrogens with one attached hydrogen (secondary N) is 3. The summed E-state index contributed by atoms with van der Waals surface area (Å²) in [6.07, 6.45) is -1.09. The van der Waals surface area contributed by atoms with Gasteiger partial charge in [0, 0.05) is 0 Å². The quantitative estimate of drug-likeness (QED) is 0.159. The number of hydrogen-bond donors (Lipinski definition) is 8. The van der Waals surface area contributed by atoms with Crippen LogP contribution in [0.3, 0.4) is 0 Å². The summed E-state index contributed by atoms with van der Waals surface area (Å²) >= 11 is 0. The Bertz CT molecular complexity index is 844. The molecule has 0 aliphatic rings. The van der Waals surface area contributed by atoms with E-state index in [9.17, 15) is 29.4 Å². The zero-order valence-electron chi connectivity index (χ0n) is 19.4. The molecule has 0 bridgehead atoms. The average Bonchev–Trinajstić information content (AvgIpc) is 2.75. The molecule has 1 aromatic rings. The molecule has 12 nitrogen and oxygen atoms in total. The molecule has 0 fully saturated rings. The average molecular weight is 483 g/mol. The number of hydrogen-bond acceptors (Lipinski definition) is 8. The first-order valence-corrected chi connectivity index (χ1v) is 10.8. The van der Waals surface area contributed by atoms with E-state index in [0.717, 1.165) is 0 Å². The number of rotatable bonds is 13. The first kappa shape index (κ1) is 28.8. The minimum absolute atomic E-state index is 0.0567. The standard InChI is InChI=1S/C22H34N4O8/c1-11(2)8-16(20(31)25-17(10-27)22(33)34)24-21(32)18(12(3)28)26-19(30)15(23)9-13-4-6-14(29)7-5-13/h4-7,11-12,15-18,27-29H,8-10,23H2,1-3H3,(H,24,32)(H,25,31)(H,26,30)(H,33,34). The van der Waals surface area contributed by atoms with Crippen molar-refractivity contribution >= 4 is 23.7 Å². The molecule has 12 heteroatoms. The lowest BCUT2D eigenvalue weighted by Crippen LogP contribution is -2.60. The van der Waals surface area contributed by atoms with Crippen LogP contribution < -0.4 is 21.7 Å². The molecule has 0 saturated heterocycles. The van der Waals surface area contributed by atoms with Gasteiger partial charge in [0.25, 0.3) is 0 Å². The monoisotopic (exact) mass is 482 g/mol. The van der Waals surface area contributed by atoms with E-state index in [0.29, 0.717) is 5.56 Å². The van der Waals surface area contributed by atoms with Crippen LogP contribution in [0.15, 0.2) is 24.3 Å². The zero-order chi connectivity index (χ0) is 26.0. The molecule has 1 rings (SSSR count). The largest absolute Gasteiger partial charge is 0.508 e. The Kier molecular flexibility index (Phi) is 11.4. The van der Waals surface area contributed by atoms with Gasteiger partial charge in [-0.2, -0.15) is 0 Å². The normalized spacial score (nSPS) is 15.5. The number of aromatic hydroxyl groups is 1. The van der Waals surface area contributed by atoms with Crippen molar-refractivity contribution < 1.29 is 39.6 Å². The van der Waals surface area contributed by atoms with Gasteiger partial charge >= 0.3 is 5.97 Å². The second-order valence-electron chi connectivity index (χ2n) is 8.48. The van der Waals surface area contributed by atoms with Crippen molar-refractivity contribution in [1.82, 2.24) is 16.0 Å². The molecule has 0 aromatic heterocycles. The highest BCUT2D eigenvalue weighted by Crippen LogP contribution is 2.11. The maximum Gasteiger partial charge on any atom is 0.328 e. The molecule has 9 N–H and O–H groups in total. The fourth-order valence-electron chi connectivity index (χ4n) is 3.07. The van der Waals surface area contributed by atoms with Gasteiger partial charge in [-0.05, 0) is 43.4 Å². The van der Waals surface area contributed by atoms with E-state index in [1.165, 1.54) is 19.1 Å². The molecule has 0 heterocycles. The molecule has 0 aliphatic heterocycles. The van der Waals surface area contributed by atoms with Crippen LogP contribution in [-0.2, 0) is 25.6 Å². The molecule has 190 valence electrons. The molecule has 5 unspecified atom stereocenters. The Hall–Kier alpha value is -3.22. The topological polar surface area (TPSA) is 211 Å². The van der Waals surface area contributed by atoms with Crippen LogP contribution in [-0.4, -0.2) is 81.0 Å². The van der Waals surface area contributed by atoms with E-state index in [4.69, 9.17) is 15.9 Å². The van der Waals surface area contributed by atoms with E-state index in [-0.39, 0.29) is 24.5 Å². The summed E-state index contributed by atoms with van der Waals surface area (Å²) in [5.74, 6) is -3.87. The predicted molar refractivity (Wildman–Crippen MR) is 121 cm³/mol. The van der Waals surface area contributed by atoms with E-state index >= 15 is 0 Å². The second kappa shape index (κ2) is 13.5. The Balaban J connectivity index is 2.89. The second-order valence-corrected chi connectivity index (χ2v) is 8.48. The van der Waals surface area contributed by atoms with Crippen LogP contribution in [0.2, 0.25) is 0 Å². The Labute approximate surface area is 197 Å². The van der Waals surface area contributed by atoms with Gasteiger partial charge in [-0.25, -0.2) is 4.79 Å². The van der Waals surface area contributed by atoms with Crippen molar-refractivity contribution in [3.05, 3.63) is 29.8 Å². The van der Waals surface area contributed by atoms with Gasteiger partial charge in [-0.3, -0.25) is 14.4 Å². The zero-order valence-corrected chi connectivity index (χ0v) is 19.4. The van der Waals surface area contributed by atoms with Gasteiger partial charge in [0.15, 0.2) is 0 Å². The van der Waals surface area contributed by atoms with Crippen LogP contribution in [0.25, 0.3) is 0 Å². The number of carbonyl (C=O) groups excluding carboxylic acids is 3. The summed E-state index contributed by atoms with van der Waals surface area (Å²) in [6, 6.07) is 0.840. The van der Waals surface area contributed by atoms with Crippen LogP contribution in [0.4, 0.5) is 0 Å². The summed E-state index contributed by atoms with van der Waals surface area (Å²) in [7, 11) is 0. The van der Waals surface area contributed by atoms with Crippen LogP contribution in [0.1, 0.15) is 32.8 Å².